The number of nitrogens with two attached hydrogens (primary N) is 1. The van der Waals surface area contributed by atoms with Crippen LogP contribution in [0.3, 0.4) is 0 Å². The van der Waals surface area contributed by atoms with Gasteiger partial charge in [0, 0.05) is 24.3 Å². The highest BCUT2D eigenvalue weighted by atomic mass is 16.2. The van der Waals surface area contributed by atoms with Gasteiger partial charge in [-0.25, -0.2) is 0 Å². The Kier molecular flexibility index (Phi) is 4.25. The van der Waals surface area contributed by atoms with Crippen LogP contribution >= 0.6 is 0 Å². The molecule has 0 bridgehead atoms. The largest absolute Gasteiger partial charge is 0.349 e. The highest BCUT2D eigenvalue weighted by Crippen LogP contribution is 1.98. The topological polar surface area (TPSA) is 88.0 Å². The van der Waals surface area contributed by atoms with Gasteiger partial charge in [-0.1, -0.05) is 0 Å². The normalized spacial score (nSPS) is 14.2. The first-order valence-electron chi connectivity index (χ1n) is 5.24. The Labute approximate surface area is 94.1 Å². The number of rotatable bonds is 4. The molecule has 1 rings (SSSR count). The number of aromatic nitrogens is 1. The third-order valence-electron chi connectivity index (χ3n) is 2.15. The Morgan fingerprint density at radius 2 is 2.19 bits per heavy atom. The summed E-state index contributed by atoms with van der Waals surface area (Å²) in [5.41, 5.74) is 5.85. The zero-order valence-electron chi connectivity index (χ0n) is 9.49. The molecule has 88 valence electrons. The minimum atomic E-state index is -0.222. The van der Waals surface area contributed by atoms with E-state index in [1.165, 1.54) is 18.3 Å². The number of H-pyrrole nitrogens is 1. The van der Waals surface area contributed by atoms with Crippen molar-refractivity contribution in [3.05, 3.63) is 34.2 Å². The molecule has 0 aliphatic rings. The van der Waals surface area contributed by atoms with E-state index in [9.17, 15) is 9.59 Å². The summed E-state index contributed by atoms with van der Waals surface area (Å²) in [6, 6.07) is 2.88. The Morgan fingerprint density at radius 1 is 1.50 bits per heavy atom. The summed E-state index contributed by atoms with van der Waals surface area (Å²) in [5.74, 6) is -0.204. The van der Waals surface area contributed by atoms with E-state index in [-0.39, 0.29) is 23.6 Å². The molecule has 1 aromatic heterocycles. The van der Waals surface area contributed by atoms with Gasteiger partial charge in [-0.2, -0.15) is 0 Å². The number of nitrogens with one attached hydrogen (secondary N) is 2. The lowest BCUT2D eigenvalue weighted by Crippen LogP contribution is -2.36. The second-order valence-corrected chi connectivity index (χ2v) is 4.03. The number of hydrogen-bond donors (Lipinski definition) is 3. The standard InChI is InChI=1S/C11H17N3O2/c1-7(12)5-8(2)14-11(16)9-3-4-10(15)13-6-9/h3-4,6-8H,5,12H2,1-2H3,(H,13,15)(H,14,16). The van der Waals surface area contributed by atoms with Crippen LogP contribution in [0.2, 0.25) is 0 Å². The van der Waals surface area contributed by atoms with Crippen molar-refractivity contribution >= 4 is 5.91 Å². The van der Waals surface area contributed by atoms with E-state index in [2.05, 4.69) is 10.3 Å². The molecule has 16 heavy (non-hydrogen) atoms. The second kappa shape index (κ2) is 5.46. The molecule has 0 radical (unpaired) electrons. The molecular formula is C11H17N3O2. The maximum absolute atomic E-state index is 11.7. The van der Waals surface area contributed by atoms with Gasteiger partial charge in [-0.3, -0.25) is 9.59 Å². The fourth-order valence-electron chi connectivity index (χ4n) is 1.48. The lowest BCUT2D eigenvalue weighted by atomic mass is 10.1. The molecule has 0 fully saturated rings. The molecule has 0 saturated carbocycles. The quantitative estimate of drug-likeness (QED) is 0.682. The SMILES string of the molecule is CC(N)CC(C)NC(=O)c1ccc(=O)[nH]c1. The molecule has 5 nitrogen and oxygen atoms in total. The van der Waals surface area contributed by atoms with E-state index in [1.54, 1.807) is 0 Å². The van der Waals surface area contributed by atoms with Crippen molar-refractivity contribution in [1.29, 1.82) is 0 Å². The highest BCUT2D eigenvalue weighted by Gasteiger charge is 2.10. The molecule has 1 amide bonds. The van der Waals surface area contributed by atoms with Crippen LogP contribution in [0.5, 0.6) is 0 Å². The third kappa shape index (κ3) is 3.86. The molecule has 5 heteroatoms. The van der Waals surface area contributed by atoms with Crippen molar-refractivity contribution in [2.45, 2.75) is 32.4 Å². The summed E-state index contributed by atoms with van der Waals surface area (Å²) in [4.78, 5) is 24.9. The molecule has 0 aliphatic carbocycles. The second-order valence-electron chi connectivity index (χ2n) is 4.03. The summed E-state index contributed by atoms with van der Waals surface area (Å²) >= 11 is 0. The summed E-state index contributed by atoms with van der Waals surface area (Å²) in [7, 11) is 0. The van der Waals surface area contributed by atoms with Crippen molar-refractivity contribution in [2.24, 2.45) is 5.73 Å². The monoisotopic (exact) mass is 223 g/mol. The van der Waals surface area contributed by atoms with E-state index >= 15 is 0 Å². The van der Waals surface area contributed by atoms with Crippen molar-refractivity contribution in [3.8, 4) is 0 Å². The lowest BCUT2D eigenvalue weighted by molar-refractivity contribution is 0.0937. The molecule has 0 saturated heterocycles. The fraction of sp³-hybridized carbons (Fsp3) is 0.455. The van der Waals surface area contributed by atoms with Crippen LogP contribution in [0.25, 0.3) is 0 Å². The van der Waals surface area contributed by atoms with E-state index < -0.39 is 0 Å². The predicted molar refractivity (Wildman–Crippen MR) is 62.3 cm³/mol. The van der Waals surface area contributed by atoms with Gasteiger partial charge in [-0.15, -0.1) is 0 Å². The van der Waals surface area contributed by atoms with Gasteiger partial charge < -0.3 is 16.0 Å². The van der Waals surface area contributed by atoms with Crippen LogP contribution in [0.1, 0.15) is 30.6 Å². The zero-order chi connectivity index (χ0) is 12.1. The third-order valence-corrected chi connectivity index (χ3v) is 2.15. The van der Waals surface area contributed by atoms with Crippen molar-refractivity contribution in [1.82, 2.24) is 10.3 Å². The van der Waals surface area contributed by atoms with E-state index in [1.807, 2.05) is 13.8 Å². The van der Waals surface area contributed by atoms with Crippen LogP contribution in [0.15, 0.2) is 23.1 Å². The fourth-order valence-corrected chi connectivity index (χ4v) is 1.48. The van der Waals surface area contributed by atoms with Crippen LogP contribution in [0, 0.1) is 0 Å². The van der Waals surface area contributed by atoms with Gasteiger partial charge in [0.25, 0.3) is 5.91 Å². The molecule has 1 heterocycles. The molecule has 0 aliphatic heterocycles. The summed E-state index contributed by atoms with van der Waals surface area (Å²) in [5, 5.41) is 2.81. The van der Waals surface area contributed by atoms with E-state index in [0.29, 0.717) is 5.56 Å². The number of amides is 1. The first-order chi connectivity index (χ1) is 7.49. The van der Waals surface area contributed by atoms with Gasteiger partial charge in [0.2, 0.25) is 5.56 Å². The number of aromatic amines is 1. The predicted octanol–water partition coefficient (Wildman–Crippen LogP) is 0.231. The maximum atomic E-state index is 11.7. The minimum Gasteiger partial charge on any atom is -0.349 e. The van der Waals surface area contributed by atoms with E-state index in [0.717, 1.165) is 6.42 Å². The Bertz CT molecular complexity index is 391. The van der Waals surface area contributed by atoms with Gasteiger partial charge in [-0.05, 0) is 26.3 Å². The van der Waals surface area contributed by atoms with Gasteiger partial charge >= 0.3 is 0 Å². The molecule has 0 spiro atoms. The summed E-state index contributed by atoms with van der Waals surface area (Å²) in [6.07, 6.45) is 2.12. The van der Waals surface area contributed by atoms with Crippen LogP contribution in [-0.2, 0) is 0 Å². The van der Waals surface area contributed by atoms with Crippen LogP contribution in [-0.4, -0.2) is 23.0 Å². The van der Waals surface area contributed by atoms with Gasteiger partial charge in [0.1, 0.15) is 0 Å². The summed E-state index contributed by atoms with van der Waals surface area (Å²) < 4.78 is 0. The van der Waals surface area contributed by atoms with Crippen LogP contribution in [0.4, 0.5) is 0 Å². The highest BCUT2D eigenvalue weighted by molar-refractivity contribution is 5.93. The van der Waals surface area contributed by atoms with E-state index in [4.69, 9.17) is 5.73 Å². The molecule has 0 aromatic carbocycles. The number of pyridine rings is 1. The average molecular weight is 223 g/mol. The molecule has 1 aromatic rings. The average Bonchev–Trinajstić information content (AvgIpc) is 2.16. The number of hydrogen-bond acceptors (Lipinski definition) is 3. The molecule has 2 atom stereocenters. The molecule has 2 unspecified atom stereocenters. The van der Waals surface area contributed by atoms with Crippen molar-refractivity contribution in [3.63, 3.8) is 0 Å². The smallest absolute Gasteiger partial charge is 0.252 e. The number of carbonyl (C=O) groups excluding carboxylic acids is 1. The van der Waals surface area contributed by atoms with Crippen molar-refractivity contribution < 1.29 is 4.79 Å². The van der Waals surface area contributed by atoms with Gasteiger partial charge in [0.05, 0.1) is 5.56 Å². The number of carbonyl (C=O) groups is 1. The first-order valence-corrected chi connectivity index (χ1v) is 5.24. The maximum Gasteiger partial charge on any atom is 0.252 e. The first kappa shape index (κ1) is 12.4. The van der Waals surface area contributed by atoms with Crippen LogP contribution < -0.4 is 16.6 Å². The van der Waals surface area contributed by atoms with Crippen molar-refractivity contribution in [2.75, 3.05) is 0 Å². The summed E-state index contributed by atoms with van der Waals surface area (Å²) in [6.45, 7) is 3.79. The Hall–Kier alpha value is -1.62. The lowest BCUT2D eigenvalue weighted by Gasteiger charge is -2.15. The Morgan fingerprint density at radius 3 is 2.69 bits per heavy atom. The molecular weight excluding hydrogens is 206 g/mol. The van der Waals surface area contributed by atoms with Gasteiger partial charge in [0.15, 0.2) is 0 Å². The Balaban J connectivity index is 2.58. The zero-order valence-corrected chi connectivity index (χ0v) is 9.49. The minimum absolute atomic E-state index is 0.0134. The molecule has 4 N–H and O–H groups in total.